The smallest absolute Gasteiger partial charge is 0.247 e. The van der Waals surface area contributed by atoms with Crippen LogP contribution < -0.4 is 5.73 Å². The number of pyridine rings is 1. The Morgan fingerprint density at radius 2 is 1.90 bits per heavy atom. The summed E-state index contributed by atoms with van der Waals surface area (Å²) in [5.74, 6) is 1.69. The molecule has 0 unspecified atom stereocenters. The zero-order chi connectivity index (χ0) is 14.7. The molecule has 0 aliphatic carbocycles. The number of anilines is 1. The minimum Gasteiger partial charge on any atom is -0.420 e. The van der Waals surface area contributed by atoms with Crippen LogP contribution in [-0.2, 0) is 5.75 Å². The highest BCUT2D eigenvalue weighted by Crippen LogP contribution is 2.23. The highest BCUT2D eigenvalue weighted by molar-refractivity contribution is 7.98. The molecule has 0 saturated carbocycles. The molecule has 0 radical (unpaired) electrons. The second-order valence-corrected chi connectivity index (χ2v) is 5.58. The molecule has 6 heteroatoms. The maximum absolute atomic E-state index is 5.66. The molecule has 2 aromatic heterocycles. The molecule has 106 valence electrons. The number of rotatable bonds is 4. The van der Waals surface area contributed by atoms with Crippen molar-refractivity contribution in [2.24, 2.45) is 0 Å². The van der Waals surface area contributed by atoms with Gasteiger partial charge >= 0.3 is 0 Å². The Labute approximate surface area is 126 Å². The molecule has 1 aromatic carbocycles. The molecule has 2 N–H and O–H groups in total. The normalized spacial score (nSPS) is 10.7. The van der Waals surface area contributed by atoms with Gasteiger partial charge in [0.25, 0.3) is 0 Å². The third kappa shape index (κ3) is 3.41. The van der Waals surface area contributed by atoms with Gasteiger partial charge in [-0.05, 0) is 31.2 Å². The van der Waals surface area contributed by atoms with Gasteiger partial charge in [0.2, 0.25) is 11.8 Å². The summed E-state index contributed by atoms with van der Waals surface area (Å²) in [7, 11) is 0. The first kappa shape index (κ1) is 13.6. The van der Waals surface area contributed by atoms with Crippen LogP contribution in [-0.4, -0.2) is 15.2 Å². The van der Waals surface area contributed by atoms with E-state index in [1.807, 2.05) is 43.3 Å². The van der Waals surface area contributed by atoms with E-state index in [-0.39, 0.29) is 0 Å². The van der Waals surface area contributed by atoms with E-state index in [1.165, 1.54) is 17.3 Å². The Morgan fingerprint density at radius 1 is 1.10 bits per heavy atom. The lowest BCUT2D eigenvalue weighted by molar-refractivity contribution is 0.528. The molecule has 0 saturated heterocycles. The number of hydrogen-bond donors (Lipinski definition) is 1. The summed E-state index contributed by atoms with van der Waals surface area (Å²) >= 11 is 1.53. The van der Waals surface area contributed by atoms with Crippen LogP contribution in [0.1, 0.15) is 11.5 Å². The van der Waals surface area contributed by atoms with Crippen LogP contribution in [0.5, 0.6) is 0 Å². The van der Waals surface area contributed by atoms with E-state index in [4.69, 9.17) is 10.2 Å². The Morgan fingerprint density at radius 3 is 2.62 bits per heavy atom. The molecule has 3 aromatic rings. The summed E-state index contributed by atoms with van der Waals surface area (Å²) in [6.07, 6.45) is 1.63. The molecule has 5 nitrogen and oxygen atoms in total. The number of aromatic nitrogens is 3. The lowest BCUT2D eigenvalue weighted by Crippen LogP contribution is -1.87. The number of thioether (sulfide) groups is 1. The molecule has 3 rings (SSSR count). The fourth-order valence-electron chi connectivity index (χ4n) is 1.74. The summed E-state index contributed by atoms with van der Waals surface area (Å²) in [5.41, 5.74) is 8.37. The van der Waals surface area contributed by atoms with E-state index in [9.17, 15) is 0 Å². The van der Waals surface area contributed by atoms with Crippen molar-refractivity contribution in [2.75, 3.05) is 5.73 Å². The van der Waals surface area contributed by atoms with Crippen molar-refractivity contribution in [2.45, 2.75) is 17.7 Å². The lowest BCUT2D eigenvalue weighted by atomic mass is 10.1. The van der Waals surface area contributed by atoms with E-state index in [0.717, 1.165) is 10.6 Å². The van der Waals surface area contributed by atoms with Gasteiger partial charge in [0, 0.05) is 5.56 Å². The molecule has 0 amide bonds. The number of aryl methyl sites for hydroxylation is 1. The highest BCUT2D eigenvalue weighted by atomic mass is 32.2. The van der Waals surface area contributed by atoms with Crippen LogP contribution in [0.3, 0.4) is 0 Å². The van der Waals surface area contributed by atoms with E-state index in [1.54, 1.807) is 6.20 Å². The molecule has 0 aliphatic heterocycles. The average Bonchev–Trinajstić information content (AvgIpc) is 2.96. The second kappa shape index (κ2) is 5.97. The molecular weight excluding hydrogens is 284 g/mol. The van der Waals surface area contributed by atoms with Gasteiger partial charge in [-0.15, -0.1) is 10.2 Å². The number of hydrogen-bond acceptors (Lipinski definition) is 6. The summed E-state index contributed by atoms with van der Waals surface area (Å²) in [4.78, 5) is 4.22. The predicted octanol–water partition coefficient (Wildman–Crippen LogP) is 3.31. The molecule has 0 aliphatic rings. The summed E-state index contributed by atoms with van der Waals surface area (Å²) in [6.45, 7) is 2.04. The lowest BCUT2D eigenvalue weighted by Gasteiger charge is -1.98. The summed E-state index contributed by atoms with van der Waals surface area (Å²) < 4.78 is 5.66. The summed E-state index contributed by atoms with van der Waals surface area (Å²) in [5, 5.41) is 9.00. The van der Waals surface area contributed by atoms with Crippen LogP contribution in [0.15, 0.2) is 52.0 Å². The van der Waals surface area contributed by atoms with E-state index < -0.39 is 0 Å². The Balaban J connectivity index is 1.67. The topological polar surface area (TPSA) is 77.8 Å². The zero-order valence-corrected chi connectivity index (χ0v) is 12.3. The van der Waals surface area contributed by atoms with E-state index in [0.29, 0.717) is 23.2 Å². The molecule has 2 heterocycles. The maximum atomic E-state index is 5.66. The molecule has 0 fully saturated rings. The van der Waals surface area contributed by atoms with Gasteiger partial charge in [0.1, 0.15) is 0 Å². The fraction of sp³-hybridized carbons (Fsp3) is 0.133. The van der Waals surface area contributed by atoms with Crippen LogP contribution in [0.25, 0.3) is 11.5 Å². The van der Waals surface area contributed by atoms with Crippen molar-refractivity contribution in [1.82, 2.24) is 15.2 Å². The number of benzene rings is 1. The van der Waals surface area contributed by atoms with Crippen molar-refractivity contribution in [3.8, 4) is 11.5 Å². The number of nitrogens with two attached hydrogens (primary N) is 1. The Kier molecular flexibility index (Phi) is 3.87. The van der Waals surface area contributed by atoms with Crippen molar-refractivity contribution in [1.29, 1.82) is 0 Å². The minimum atomic E-state index is 0.538. The van der Waals surface area contributed by atoms with Gasteiger partial charge < -0.3 is 10.2 Å². The Bertz CT molecular complexity index is 722. The number of nitrogens with zero attached hydrogens (tertiary/aromatic N) is 3. The third-order valence-corrected chi connectivity index (χ3v) is 3.80. The number of nitrogen functional groups attached to an aromatic ring is 1. The van der Waals surface area contributed by atoms with Crippen molar-refractivity contribution >= 4 is 17.4 Å². The van der Waals surface area contributed by atoms with Crippen LogP contribution in [0.2, 0.25) is 0 Å². The van der Waals surface area contributed by atoms with E-state index in [2.05, 4.69) is 15.2 Å². The molecule has 0 spiro atoms. The predicted molar refractivity (Wildman–Crippen MR) is 82.7 cm³/mol. The maximum Gasteiger partial charge on any atom is 0.247 e. The van der Waals surface area contributed by atoms with Crippen LogP contribution >= 0.6 is 11.8 Å². The largest absolute Gasteiger partial charge is 0.420 e. The van der Waals surface area contributed by atoms with Gasteiger partial charge in [-0.1, -0.05) is 29.5 Å². The molecule has 0 bridgehead atoms. The van der Waals surface area contributed by atoms with Crippen molar-refractivity contribution < 1.29 is 4.42 Å². The summed E-state index contributed by atoms with van der Waals surface area (Å²) in [6, 6.07) is 11.7. The van der Waals surface area contributed by atoms with Gasteiger partial charge in [0.05, 0.1) is 22.7 Å². The van der Waals surface area contributed by atoms with Gasteiger partial charge in [-0.25, -0.2) is 4.98 Å². The van der Waals surface area contributed by atoms with E-state index >= 15 is 0 Å². The average molecular weight is 298 g/mol. The SMILES string of the molecule is Cc1ccc(-c2nnc(CSc3ccc(N)cn3)o2)cc1. The fourth-order valence-corrected chi connectivity index (χ4v) is 2.42. The van der Waals surface area contributed by atoms with Gasteiger partial charge in [-0.3, -0.25) is 0 Å². The Hall–Kier alpha value is -2.34. The first-order chi connectivity index (χ1) is 10.2. The highest BCUT2D eigenvalue weighted by Gasteiger charge is 2.09. The monoisotopic (exact) mass is 298 g/mol. The minimum absolute atomic E-state index is 0.538. The molecular formula is C15H14N4OS. The van der Waals surface area contributed by atoms with Gasteiger partial charge in [-0.2, -0.15) is 0 Å². The first-order valence-corrected chi connectivity index (χ1v) is 7.43. The van der Waals surface area contributed by atoms with Gasteiger partial charge in [0.15, 0.2) is 0 Å². The van der Waals surface area contributed by atoms with Crippen molar-refractivity contribution in [3.63, 3.8) is 0 Å². The first-order valence-electron chi connectivity index (χ1n) is 6.44. The van der Waals surface area contributed by atoms with Crippen molar-refractivity contribution in [3.05, 3.63) is 54.0 Å². The zero-order valence-electron chi connectivity index (χ0n) is 11.5. The van der Waals surface area contributed by atoms with Crippen LogP contribution in [0, 0.1) is 6.92 Å². The second-order valence-electron chi connectivity index (χ2n) is 4.59. The third-order valence-electron chi connectivity index (χ3n) is 2.87. The standard InChI is InChI=1S/C15H14N4OS/c1-10-2-4-11(5-3-10)15-19-18-13(20-15)9-21-14-7-6-12(16)8-17-14/h2-8H,9,16H2,1H3. The molecule has 0 atom stereocenters. The quantitative estimate of drug-likeness (QED) is 0.744. The molecule has 21 heavy (non-hydrogen) atoms. The van der Waals surface area contributed by atoms with Crippen LogP contribution in [0.4, 0.5) is 5.69 Å².